The molecular formula is C12H10BrClN2O. The van der Waals surface area contributed by atoms with Crippen molar-refractivity contribution in [3.8, 4) is 11.6 Å². The molecule has 3 nitrogen and oxygen atoms in total. The van der Waals surface area contributed by atoms with Crippen LogP contribution in [0.25, 0.3) is 0 Å². The van der Waals surface area contributed by atoms with Crippen molar-refractivity contribution in [1.29, 1.82) is 0 Å². The van der Waals surface area contributed by atoms with Crippen LogP contribution in [-0.4, -0.2) is 4.98 Å². The van der Waals surface area contributed by atoms with Crippen LogP contribution in [-0.2, 0) is 0 Å². The molecular weight excluding hydrogens is 304 g/mol. The Labute approximate surface area is 113 Å². The molecule has 0 saturated carbocycles. The number of pyridine rings is 1. The molecule has 1 aromatic heterocycles. The van der Waals surface area contributed by atoms with Gasteiger partial charge < -0.3 is 10.5 Å². The first-order valence-electron chi connectivity index (χ1n) is 4.92. The summed E-state index contributed by atoms with van der Waals surface area (Å²) in [5.41, 5.74) is 7.33. The maximum atomic E-state index is 5.82. The highest BCUT2D eigenvalue weighted by molar-refractivity contribution is 9.10. The zero-order valence-corrected chi connectivity index (χ0v) is 11.4. The number of hydrogen-bond acceptors (Lipinski definition) is 3. The number of aryl methyl sites for hydroxylation is 1. The number of nitrogen functional groups attached to an aromatic ring is 1. The van der Waals surface area contributed by atoms with E-state index >= 15 is 0 Å². The molecule has 0 bridgehead atoms. The Bertz CT molecular complexity index is 560. The zero-order chi connectivity index (χ0) is 12.4. The lowest BCUT2D eigenvalue weighted by Crippen LogP contribution is -1.95. The summed E-state index contributed by atoms with van der Waals surface area (Å²) in [7, 11) is 0. The molecule has 88 valence electrons. The van der Waals surface area contributed by atoms with Crippen LogP contribution in [0.5, 0.6) is 11.6 Å². The molecule has 0 fully saturated rings. The van der Waals surface area contributed by atoms with Crippen molar-refractivity contribution in [2.75, 3.05) is 5.73 Å². The molecule has 0 aliphatic rings. The largest absolute Gasteiger partial charge is 0.436 e. The molecule has 0 radical (unpaired) electrons. The molecule has 2 aromatic rings. The lowest BCUT2D eigenvalue weighted by Gasteiger charge is -2.10. The topological polar surface area (TPSA) is 48.1 Å². The van der Waals surface area contributed by atoms with E-state index in [9.17, 15) is 0 Å². The van der Waals surface area contributed by atoms with Gasteiger partial charge in [-0.15, -0.1) is 0 Å². The third-order valence-electron chi connectivity index (χ3n) is 2.23. The molecule has 2 N–H and O–H groups in total. The Kier molecular flexibility index (Phi) is 3.54. The number of ether oxygens (including phenoxy) is 1. The van der Waals surface area contributed by atoms with Gasteiger partial charge in [-0.1, -0.05) is 11.6 Å². The number of hydrogen-bond donors (Lipinski definition) is 1. The summed E-state index contributed by atoms with van der Waals surface area (Å²) in [4.78, 5) is 4.14. The number of nitrogens with zero attached hydrogens (tertiary/aromatic N) is 1. The van der Waals surface area contributed by atoms with Gasteiger partial charge in [-0.25, -0.2) is 4.98 Å². The van der Waals surface area contributed by atoms with Crippen LogP contribution in [0.1, 0.15) is 5.56 Å². The first kappa shape index (κ1) is 12.2. The summed E-state index contributed by atoms with van der Waals surface area (Å²) >= 11 is 9.24. The minimum Gasteiger partial charge on any atom is -0.436 e. The van der Waals surface area contributed by atoms with Crippen molar-refractivity contribution in [2.24, 2.45) is 0 Å². The number of aromatic nitrogens is 1. The normalized spacial score (nSPS) is 10.3. The van der Waals surface area contributed by atoms with E-state index in [4.69, 9.17) is 22.1 Å². The van der Waals surface area contributed by atoms with Gasteiger partial charge in [0, 0.05) is 11.2 Å². The van der Waals surface area contributed by atoms with Crippen molar-refractivity contribution in [3.63, 3.8) is 0 Å². The summed E-state index contributed by atoms with van der Waals surface area (Å²) in [5, 5.41) is 0.575. The minimum absolute atomic E-state index is 0.479. The van der Waals surface area contributed by atoms with Gasteiger partial charge in [0.1, 0.15) is 0 Å². The smallest absolute Gasteiger partial charge is 0.233 e. The molecule has 0 saturated heterocycles. The van der Waals surface area contributed by atoms with Gasteiger partial charge in [0.05, 0.1) is 10.2 Å². The number of nitrogens with two attached hydrogens (primary N) is 1. The van der Waals surface area contributed by atoms with Crippen LogP contribution < -0.4 is 10.5 Å². The second-order valence-corrected chi connectivity index (χ2v) is 4.76. The quantitative estimate of drug-likeness (QED) is 0.846. The summed E-state index contributed by atoms with van der Waals surface area (Å²) in [6, 6.07) is 6.97. The Balaban J connectivity index is 2.35. The molecule has 0 amide bonds. The predicted molar refractivity (Wildman–Crippen MR) is 72.6 cm³/mol. The summed E-state index contributed by atoms with van der Waals surface area (Å²) < 4.78 is 6.45. The maximum Gasteiger partial charge on any atom is 0.233 e. The Morgan fingerprint density at radius 1 is 1.35 bits per heavy atom. The summed E-state index contributed by atoms with van der Waals surface area (Å²) in [5.74, 6) is 1.02. The lowest BCUT2D eigenvalue weighted by atomic mass is 10.3. The van der Waals surface area contributed by atoms with Crippen LogP contribution in [0.2, 0.25) is 5.02 Å². The van der Waals surface area contributed by atoms with Gasteiger partial charge in [0.2, 0.25) is 5.88 Å². The highest BCUT2D eigenvalue weighted by atomic mass is 79.9. The van der Waals surface area contributed by atoms with E-state index in [0.717, 1.165) is 10.0 Å². The van der Waals surface area contributed by atoms with Crippen molar-refractivity contribution in [1.82, 2.24) is 4.98 Å². The van der Waals surface area contributed by atoms with Gasteiger partial charge in [-0.05, 0) is 52.7 Å². The van der Waals surface area contributed by atoms with Gasteiger partial charge in [0.25, 0.3) is 0 Å². The van der Waals surface area contributed by atoms with Gasteiger partial charge in [-0.2, -0.15) is 0 Å². The Morgan fingerprint density at radius 3 is 2.82 bits per heavy atom. The molecule has 1 aromatic carbocycles. The van der Waals surface area contributed by atoms with E-state index < -0.39 is 0 Å². The Morgan fingerprint density at radius 2 is 2.12 bits per heavy atom. The number of anilines is 1. The van der Waals surface area contributed by atoms with Crippen LogP contribution in [0.3, 0.4) is 0 Å². The highest BCUT2D eigenvalue weighted by Gasteiger charge is 2.08. The molecule has 0 aliphatic carbocycles. The molecule has 0 aliphatic heterocycles. The van der Waals surface area contributed by atoms with Crippen LogP contribution in [0.4, 0.5) is 5.69 Å². The first-order valence-corrected chi connectivity index (χ1v) is 6.09. The molecule has 0 spiro atoms. The van der Waals surface area contributed by atoms with Crippen molar-refractivity contribution in [3.05, 3.63) is 45.5 Å². The van der Waals surface area contributed by atoms with Crippen molar-refractivity contribution >= 4 is 33.2 Å². The molecule has 1 heterocycles. The SMILES string of the molecule is Cc1ccnc(Oc2ccc(Cl)cc2N)c1Br. The van der Waals surface area contributed by atoms with Crippen molar-refractivity contribution < 1.29 is 4.74 Å². The average molecular weight is 314 g/mol. The fourth-order valence-electron chi connectivity index (χ4n) is 1.30. The molecule has 0 unspecified atom stereocenters. The fourth-order valence-corrected chi connectivity index (χ4v) is 1.80. The third kappa shape index (κ3) is 2.70. The highest BCUT2D eigenvalue weighted by Crippen LogP contribution is 2.33. The predicted octanol–water partition coefficient (Wildman–Crippen LogP) is 4.18. The van der Waals surface area contributed by atoms with E-state index in [-0.39, 0.29) is 0 Å². The lowest BCUT2D eigenvalue weighted by molar-refractivity contribution is 0.461. The third-order valence-corrected chi connectivity index (χ3v) is 3.43. The second-order valence-electron chi connectivity index (χ2n) is 3.53. The van der Waals surface area contributed by atoms with E-state index in [0.29, 0.717) is 22.3 Å². The molecule has 0 atom stereocenters. The average Bonchev–Trinajstić information content (AvgIpc) is 2.28. The van der Waals surface area contributed by atoms with E-state index in [1.54, 1.807) is 24.4 Å². The van der Waals surface area contributed by atoms with Gasteiger partial charge >= 0.3 is 0 Å². The monoisotopic (exact) mass is 312 g/mol. The maximum absolute atomic E-state index is 5.82. The summed E-state index contributed by atoms with van der Waals surface area (Å²) in [6.45, 7) is 1.96. The van der Waals surface area contributed by atoms with Crippen molar-refractivity contribution in [2.45, 2.75) is 6.92 Å². The van der Waals surface area contributed by atoms with Crippen LogP contribution in [0, 0.1) is 6.92 Å². The second kappa shape index (κ2) is 4.94. The Hall–Kier alpha value is -1.26. The standard InChI is InChI=1S/C12H10BrClN2O/c1-7-4-5-16-12(11(7)13)17-10-3-2-8(14)6-9(10)15/h2-6H,15H2,1H3. The summed E-state index contributed by atoms with van der Waals surface area (Å²) in [6.07, 6.45) is 1.68. The first-order chi connectivity index (χ1) is 8.08. The van der Waals surface area contributed by atoms with Crippen LogP contribution >= 0.6 is 27.5 Å². The molecule has 5 heteroatoms. The zero-order valence-electron chi connectivity index (χ0n) is 9.08. The van der Waals surface area contributed by atoms with E-state index in [1.165, 1.54) is 0 Å². The van der Waals surface area contributed by atoms with Gasteiger partial charge in [-0.3, -0.25) is 0 Å². The van der Waals surface area contributed by atoms with Crippen LogP contribution in [0.15, 0.2) is 34.9 Å². The molecule has 17 heavy (non-hydrogen) atoms. The minimum atomic E-state index is 0.479. The fraction of sp³-hybridized carbons (Fsp3) is 0.0833. The van der Waals surface area contributed by atoms with E-state index in [1.807, 2.05) is 13.0 Å². The molecule has 2 rings (SSSR count). The van der Waals surface area contributed by atoms with E-state index in [2.05, 4.69) is 20.9 Å². The number of halogens is 2. The van der Waals surface area contributed by atoms with Gasteiger partial charge in [0.15, 0.2) is 5.75 Å². The number of benzene rings is 1. The number of rotatable bonds is 2.